The maximum absolute atomic E-state index is 13.2. The third kappa shape index (κ3) is 4.36. The summed E-state index contributed by atoms with van der Waals surface area (Å²) in [4.78, 5) is 17.3. The molecule has 0 saturated carbocycles. The first-order chi connectivity index (χ1) is 16.2. The number of fused-ring (bicyclic) bond motifs is 1. The largest absolute Gasteiger partial charge is 0.493 e. The highest BCUT2D eigenvalue weighted by Crippen LogP contribution is 2.38. The van der Waals surface area contributed by atoms with Gasteiger partial charge in [-0.15, -0.1) is 0 Å². The van der Waals surface area contributed by atoms with Crippen molar-refractivity contribution in [3.05, 3.63) is 65.6 Å². The fourth-order valence-corrected chi connectivity index (χ4v) is 3.51. The monoisotopic (exact) mass is 475 g/mol. The van der Waals surface area contributed by atoms with Crippen molar-refractivity contribution in [2.24, 2.45) is 0 Å². The van der Waals surface area contributed by atoms with Crippen molar-refractivity contribution in [1.82, 2.24) is 9.55 Å². The summed E-state index contributed by atoms with van der Waals surface area (Å²) in [6.45, 7) is 0.139. The molecule has 0 atom stereocenters. The Kier molecular flexibility index (Phi) is 6.10. The second-order valence-corrected chi connectivity index (χ2v) is 7.17. The van der Waals surface area contributed by atoms with Crippen molar-refractivity contribution in [3.8, 4) is 17.2 Å². The summed E-state index contributed by atoms with van der Waals surface area (Å²) in [5.41, 5.74) is -0.210. The number of ether oxygens (including phenoxy) is 3. The van der Waals surface area contributed by atoms with Crippen molar-refractivity contribution >= 4 is 22.9 Å². The van der Waals surface area contributed by atoms with Crippen molar-refractivity contribution in [3.63, 3.8) is 0 Å². The van der Waals surface area contributed by atoms with Crippen LogP contribution in [-0.4, -0.2) is 36.8 Å². The van der Waals surface area contributed by atoms with Gasteiger partial charge in [0.05, 0.1) is 50.7 Å². The van der Waals surface area contributed by atoms with E-state index >= 15 is 0 Å². The average Bonchev–Trinajstić information content (AvgIpc) is 3.45. The van der Waals surface area contributed by atoms with Crippen molar-refractivity contribution in [1.29, 1.82) is 0 Å². The van der Waals surface area contributed by atoms with Crippen molar-refractivity contribution in [2.45, 2.75) is 12.7 Å². The molecule has 2 aromatic carbocycles. The minimum atomic E-state index is -4.53. The number of rotatable bonds is 7. The zero-order valence-electron chi connectivity index (χ0n) is 18.4. The molecule has 0 spiro atoms. The molecule has 0 radical (unpaired) electrons. The van der Waals surface area contributed by atoms with Crippen LogP contribution in [0.1, 0.15) is 21.7 Å². The summed E-state index contributed by atoms with van der Waals surface area (Å²) in [5.74, 6) is 0.848. The van der Waals surface area contributed by atoms with Gasteiger partial charge in [-0.3, -0.25) is 10.1 Å². The molecule has 11 heteroatoms. The molecule has 1 N–H and O–H groups in total. The van der Waals surface area contributed by atoms with E-state index in [2.05, 4.69) is 10.3 Å². The van der Waals surface area contributed by atoms with E-state index in [0.717, 1.165) is 12.1 Å². The van der Waals surface area contributed by atoms with Gasteiger partial charge >= 0.3 is 6.18 Å². The van der Waals surface area contributed by atoms with Crippen LogP contribution in [0.2, 0.25) is 0 Å². The van der Waals surface area contributed by atoms with E-state index in [9.17, 15) is 18.0 Å². The zero-order chi connectivity index (χ0) is 24.5. The van der Waals surface area contributed by atoms with Crippen LogP contribution in [0.3, 0.4) is 0 Å². The quantitative estimate of drug-likeness (QED) is 0.406. The van der Waals surface area contributed by atoms with Gasteiger partial charge in [0, 0.05) is 5.56 Å². The summed E-state index contributed by atoms with van der Waals surface area (Å²) in [7, 11) is 4.27. The Bertz CT molecular complexity index is 1300. The standard InChI is InChI=1S/C23H20F3N3O5/c1-31-18-9-13(10-19(32-2)20(18)33-3)21(30)28-22-27-16-11-14(23(24,25)26)6-7-17(16)29(22)12-15-5-4-8-34-15/h4-11H,12H2,1-3H3,(H,27,28,30). The van der Waals surface area contributed by atoms with Crippen LogP contribution in [0.4, 0.5) is 19.1 Å². The van der Waals surface area contributed by atoms with E-state index in [1.807, 2.05) is 0 Å². The molecule has 0 unspecified atom stereocenters. The van der Waals surface area contributed by atoms with E-state index in [-0.39, 0.29) is 35.1 Å². The van der Waals surface area contributed by atoms with Crippen LogP contribution in [0.15, 0.2) is 53.1 Å². The lowest BCUT2D eigenvalue weighted by atomic mass is 10.1. The minimum Gasteiger partial charge on any atom is -0.493 e. The smallest absolute Gasteiger partial charge is 0.416 e. The highest BCUT2D eigenvalue weighted by Gasteiger charge is 2.31. The van der Waals surface area contributed by atoms with Crippen LogP contribution in [0, 0.1) is 0 Å². The third-order valence-corrected chi connectivity index (χ3v) is 5.12. The Morgan fingerprint density at radius 3 is 2.32 bits per heavy atom. The first-order valence-electron chi connectivity index (χ1n) is 9.96. The summed E-state index contributed by atoms with van der Waals surface area (Å²) in [6, 6.07) is 9.51. The number of nitrogens with zero attached hydrogens (tertiary/aromatic N) is 2. The Morgan fingerprint density at radius 1 is 1.06 bits per heavy atom. The molecule has 0 aliphatic rings. The molecule has 0 saturated heterocycles. The fraction of sp³-hybridized carbons (Fsp3) is 0.217. The number of furan rings is 1. The number of carbonyl (C=O) groups excluding carboxylic acids is 1. The number of imidazole rings is 1. The van der Waals surface area contributed by atoms with Gasteiger partial charge in [0.2, 0.25) is 11.7 Å². The summed E-state index contributed by atoms with van der Waals surface area (Å²) in [6.07, 6.45) is -3.05. The molecule has 34 heavy (non-hydrogen) atoms. The summed E-state index contributed by atoms with van der Waals surface area (Å²) >= 11 is 0. The van der Waals surface area contributed by atoms with Crippen molar-refractivity contribution in [2.75, 3.05) is 26.6 Å². The third-order valence-electron chi connectivity index (χ3n) is 5.12. The molecule has 0 bridgehead atoms. The summed E-state index contributed by atoms with van der Waals surface area (Å²) in [5, 5.41) is 2.67. The predicted octanol–water partition coefficient (Wildman–Crippen LogP) is 4.97. The summed E-state index contributed by atoms with van der Waals surface area (Å²) < 4.78 is 62.4. The molecule has 1 amide bonds. The number of carbonyl (C=O) groups is 1. The van der Waals surface area contributed by atoms with Crippen molar-refractivity contribution < 1.29 is 36.6 Å². The zero-order valence-corrected chi connectivity index (χ0v) is 18.4. The number of amides is 1. The highest BCUT2D eigenvalue weighted by molar-refractivity contribution is 6.05. The number of benzene rings is 2. The first-order valence-corrected chi connectivity index (χ1v) is 9.96. The first kappa shape index (κ1) is 23.0. The topological polar surface area (TPSA) is 87.8 Å². The number of methoxy groups -OCH3 is 3. The lowest BCUT2D eigenvalue weighted by Crippen LogP contribution is -2.16. The molecule has 4 aromatic rings. The maximum atomic E-state index is 13.2. The molecule has 0 aliphatic carbocycles. The van der Waals surface area contributed by atoms with E-state index in [0.29, 0.717) is 17.0 Å². The molecule has 2 aromatic heterocycles. The number of hydrogen-bond acceptors (Lipinski definition) is 6. The van der Waals surface area contributed by atoms with Gasteiger partial charge in [-0.25, -0.2) is 4.98 Å². The fourth-order valence-electron chi connectivity index (χ4n) is 3.51. The minimum absolute atomic E-state index is 0.0458. The number of halogens is 3. The molecular weight excluding hydrogens is 455 g/mol. The molecule has 178 valence electrons. The van der Waals surface area contributed by atoms with Gasteiger partial charge in [0.25, 0.3) is 5.91 Å². The number of hydrogen-bond donors (Lipinski definition) is 1. The molecule has 0 fully saturated rings. The van der Waals surface area contributed by atoms with Gasteiger partial charge in [0.1, 0.15) is 5.76 Å². The van der Waals surface area contributed by atoms with E-state index in [1.165, 1.54) is 45.8 Å². The second-order valence-electron chi connectivity index (χ2n) is 7.17. The predicted molar refractivity (Wildman–Crippen MR) is 117 cm³/mol. The molecule has 4 rings (SSSR count). The second kappa shape index (κ2) is 9.00. The molecule has 8 nitrogen and oxygen atoms in total. The molecule has 0 aliphatic heterocycles. The van der Waals surface area contributed by atoms with Gasteiger partial charge in [-0.1, -0.05) is 0 Å². The lowest BCUT2D eigenvalue weighted by Gasteiger charge is -2.14. The van der Waals surface area contributed by atoms with Crippen LogP contribution < -0.4 is 19.5 Å². The van der Waals surface area contributed by atoms with Gasteiger partial charge in [-0.2, -0.15) is 13.2 Å². The highest BCUT2D eigenvalue weighted by atomic mass is 19.4. The molecule has 2 heterocycles. The van der Waals surface area contributed by atoms with E-state index < -0.39 is 17.6 Å². The van der Waals surface area contributed by atoms with Gasteiger partial charge in [0.15, 0.2) is 11.5 Å². The van der Waals surface area contributed by atoms with Gasteiger partial charge < -0.3 is 23.2 Å². The normalized spacial score (nSPS) is 11.5. The Morgan fingerprint density at radius 2 is 1.76 bits per heavy atom. The van der Waals surface area contributed by atoms with Crippen LogP contribution in [0.5, 0.6) is 17.2 Å². The average molecular weight is 475 g/mol. The Hall–Kier alpha value is -4.15. The van der Waals surface area contributed by atoms with E-state index in [4.69, 9.17) is 18.6 Å². The van der Waals surface area contributed by atoms with Crippen LogP contribution in [0.25, 0.3) is 11.0 Å². The van der Waals surface area contributed by atoms with E-state index in [1.54, 1.807) is 16.7 Å². The maximum Gasteiger partial charge on any atom is 0.416 e. The van der Waals surface area contributed by atoms with Crippen LogP contribution in [-0.2, 0) is 12.7 Å². The Labute approximate surface area is 191 Å². The number of aromatic nitrogens is 2. The Balaban J connectivity index is 1.76. The van der Waals surface area contributed by atoms with Crippen LogP contribution >= 0.6 is 0 Å². The van der Waals surface area contributed by atoms with Gasteiger partial charge in [-0.05, 0) is 42.5 Å². The molecular formula is C23H20F3N3O5. The number of nitrogens with one attached hydrogen (secondary N) is 1. The number of anilines is 1. The lowest BCUT2D eigenvalue weighted by molar-refractivity contribution is -0.137. The SMILES string of the molecule is COc1cc(C(=O)Nc2nc3cc(C(F)(F)F)ccc3n2Cc2ccco2)cc(OC)c1OC. The number of alkyl halides is 3.